The molecule has 2 N–H and O–H groups in total. The molecule has 0 aliphatic carbocycles. The van der Waals surface area contributed by atoms with Gasteiger partial charge in [-0.3, -0.25) is 4.79 Å². The first kappa shape index (κ1) is 18.9. The predicted octanol–water partition coefficient (Wildman–Crippen LogP) is 1.44. The number of nitrogens with one attached hydrogen (secondary N) is 2. The second-order valence-electron chi connectivity index (χ2n) is 6.59. The third-order valence-electron chi connectivity index (χ3n) is 4.20. The number of carbonyl (C=O) groups excluding carboxylic acids is 1. The highest BCUT2D eigenvalue weighted by Gasteiger charge is 2.23. The number of nitrogens with zero attached hydrogens (tertiary/aromatic N) is 1. The number of likely N-dealkylation sites (tertiary alicyclic amines) is 1. The number of benzene rings is 1. The van der Waals surface area contributed by atoms with Gasteiger partial charge in [0, 0.05) is 24.7 Å². The van der Waals surface area contributed by atoms with Gasteiger partial charge in [-0.2, -0.15) is 0 Å². The van der Waals surface area contributed by atoms with Crippen molar-refractivity contribution in [3.05, 3.63) is 29.8 Å². The van der Waals surface area contributed by atoms with Crippen LogP contribution in [0.1, 0.15) is 37.0 Å². The summed E-state index contributed by atoms with van der Waals surface area (Å²) in [5.41, 5.74) is 0.533. The van der Waals surface area contributed by atoms with Crippen LogP contribution in [0.25, 0.3) is 0 Å². The van der Waals surface area contributed by atoms with E-state index in [1.54, 1.807) is 26.0 Å². The SMILES string of the molecule is CNCC1CCN(C(=O)c2ccc(S(=O)(=O)NC(C)C)cc2)CC1. The molecule has 7 heteroatoms. The van der Waals surface area contributed by atoms with Gasteiger partial charge in [0.25, 0.3) is 5.91 Å². The van der Waals surface area contributed by atoms with Gasteiger partial charge < -0.3 is 10.2 Å². The average Bonchev–Trinajstić information content (AvgIpc) is 2.54. The Bertz CT molecular complexity index is 648. The molecule has 1 amide bonds. The van der Waals surface area contributed by atoms with Gasteiger partial charge in [-0.25, -0.2) is 13.1 Å². The average molecular weight is 353 g/mol. The van der Waals surface area contributed by atoms with Crippen LogP contribution >= 0.6 is 0 Å². The molecule has 24 heavy (non-hydrogen) atoms. The largest absolute Gasteiger partial charge is 0.339 e. The Hall–Kier alpha value is -1.44. The summed E-state index contributed by atoms with van der Waals surface area (Å²) >= 11 is 0. The van der Waals surface area contributed by atoms with Gasteiger partial charge in [-0.15, -0.1) is 0 Å². The molecule has 0 radical (unpaired) electrons. The highest BCUT2D eigenvalue weighted by Crippen LogP contribution is 2.19. The molecule has 1 aliphatic rings. The maximum Gasteiger partial charge on any atom is 0.253 e. The van der Waals surface area contributed by atoms with E-state index in [2.05, 4.69) is 10.0 Å². The van der Waals surface area contributed by atoms with E-state index in [4.69, 9.17) is 0 Å². The highest BCUT2D eigenvalue weighted by molar-refractivity contribution is 7.89. The van der Waals surface area contributed by atoms with E-state index in [1.165, 1.54) is 12.1 Å². The number of piperidine rings is 1. The van der Waals surface area contributed by atoms with Crippen LogP contribution in [0.5, 0.6) is 0 Å². The van der Waals surface area contributed by atoms with Gasteiger partial charge in [-0.1, -0.05) is 0 Å². The molecule has 1 aliphatic heterocycles. The van der Waals surface area contributed by atoms with Crippen molar-refractivity contribution in [2.45, 2.75) is 37.6 Å². The summed E-state index contributed by atoms with van der Waals surface area (Å²) in [5, 5.41) is 3.18. The zero-order valence-corrected chi connectivity index (χ0v) is 15.4. The predicted molar refractivity (Wildman–Crippen MR) is 94.5 cm³/mol. The van der Waals surface area contributed by atoms with Gasteiger partial charge in [0.2, 0.25) is 10.0 Å². The molecule has 0 saturated carbocycles. The Morgan fingerprint density at radius 3 is 2.29 bits per heavy atom. The Morgan fingerprint density at radius 1 is 1.21 bits per heavy atom. The van der Waals surface area contributed by atoms with Crippen LogP contribution in [-0.2, 0) is 10.0 Å². The summed E-state index contributed by atoms with van der Waals surface area (Å²) in [6, 6.07) is 6.00. The molecule has 0 atom stereocenters. The monoisotopic (exact) mass is 353 g/mol. The lowest BCUT2D eigenvalue weighted by Crippen LogP contribution is -2.40. The third-order valence-corrected chi connectivity index (χ3v) is 5.87. The van der Waals surface area contributed by atoms with Crippen molar-refractivity contribution in [1.29, 1.82) is 0 Å². The normalized spacial score (nSPS) is 16.6. The van der Waals surface area contributed by atoms with Crippen molar-refractivity contribution in [3.8, 4) is 0 Å². The van der Waals surface area contributed by atoms with Crippen molar-refractivity contribution >= 4 is 15.9 Å². The van der Waals surface area contributed by atoms with Gasteiger partial charge in [-0.05, 0) is 70.5 Å². The van der Waals surface area contributed by atoms with Gasteiger partial charge in [0.05, 0.1) is 4.90 Å². The van der Waals surface area contributed by atoms with Crippen LogP contribution in [0.15, 0.2) is 29.2 Å². The van der Waals surface area contributed by atoms with Crippen LogP contribution in [-0.4, -0.2) is 51.9 Å². The summed E-state index contributed by atoms with van der Waals surface area (Å²) in [7, 11) is -1.58. The van der Waals surface area contributed by atoms with E-state index in [-0.39, 0.29) is 16.8 Å². The van der Waals surface area contributed by atoms with Crippen molar-refractivity contribution in [3.63, 3.8) is 0 Å². The molecule has 1 aromatic carbocycles. The number of rotatable bonds is 6. The van der Waals surface area contributed by atoms with E-state index in [0.29, 0.717) is 11.5 Å². The molecule has 1 aromatic rings. The maximum atomic E-state index is 12.5. The van der Waals surface area contributed by atoms with Crippen LogP contribution in [0.4, 0.5) is 0 Å². The van der Waals surface area contributed by atoms with Crippen LogP contribution in [0.3, 0.4) is 0 Å². The molecule has 1 heterocycles. The fraction of sp³-hybridized carbons (Fsp3) is 0.588. The minimum Gasteiger partial charge on any atom is -0.339 e. The quantitative estimate of drug-likeness (QED) is 0.811. The first-order valence-electron chi connectivity index (χ1n) is 8.39. The fourth-order valence-corrected chi connectivity index (χ4v) is 4.22. The topological polar surface area (TPSA) is 78.5 Å². The smallest absolute Gasteiger partial charge is 0.253 e. The first-order valence-corrected chi connectivity index (χ1v) is 9.88. The fourth-order valence-electron chi connectivity index (χ4n) is 2.97. The van der Waals surface area contributed by atoms with Crippen molar-refractivity contribution in [1.82, 2.24) is 14.9 Å². The Kier molecular flexibility index (Phi) is 6.37. The van der Waals surface area contributed by atoms with E-state index >= 15 is 0 Å². The number of carbonyl (C=O) groups is 1. The maximum absolute atomic E-state index is 12.5. The van der Waals surface area contributed by atoms with Gasteiger partial charge >= 0.3 is 0 Å². The molecule has 0 bridgehead atoms. The Morgan fingerprint density at radius 2 is 1.79 bits per heavy atom. The summed E-state index contributed by atoms with van der Waals surface area (Å²) in [6.07, 6.45) is 1.99. The second kappa shape index (κ2) is 8.09. The molecular formula is C17H27N3O3S. The molecule has 0 aromatic heterocycles. The molecule has 134 valence electrons. The summed E-state index contributed by atoms with van der Waals surface area (Å²) in [5.74, 6) is 0.590. The molecular weight excluding hydrogens is 326 g/mol. The van der Waals surface area contributed by atoms with Crippen LogP contribution in [0.2, 0.25) is 0 Å². The molecule has 0 spiro atoms. The van der Waals surface area contributed by atoms with Gasteiger partial charge in [0.1, 0.15) is 0 Å². The highest BCUT2D eigenvalue weighted by atomic mass is 32.2. The van der Waals surface area contributed by atoms with E-state index in [0.717, 1.165) is 32.5 Å². The Balaban J connectivity index is 2.02. The molecule has 2 rings (SSSR count). The summed E-state index contributed by atoms with van der Waals surface area (Å²) in [6.45, 7) is 6.03. The Labute approximate surface area is 144 Å². The lowest BCUT2D eigenvalue weighted by Gasteiger charge is -2.32. The summed E-state index contributed by atoms with van der Waals surface area (Å²) < 4.78 is 26.8. The number of hydrogen-bond donors (Lipinski definition) is 2. The number of amides is 1. The third kappa shape index (κ3) is 4.78. The van der Waals surface area contributed by atoms with Crippen molar-refractivity contribution in [2.75, 3.05) is 26.7 Å². The zero-order valence-electron chi connectivity index (χ0n) is 14.6. The van der Waals surface area contributed by atoms with Crippen molar-refractivity contribution < 1.29 is 13.2 Å². The number of sulfonamides is 1. The minimum absolute atomic E-state index is 0.0290. The first-order chi connectivity index (χ1) is 11.3. The zero-order chi connectivity index (χ0) is 17.7. The standard InChI is InChI=1S/C17H27N3O3S/c1-13(2)19-24(22,23)16-6-4-15(5-7-16)17(21)20-10-8-14(9-11-20)12-18-3/h4-7,13-14,18-19H,8-12H2,1-3H3. The summed E-state index contributed by atoms with van der Waals surface area (Å²) in [4.78, 5) is 14.6. The van der Waals surface area contributed by atoms with E-state index in [1.807, 2.05) is 11.9 Å². The van der Waals surface area contributed by atoms with Crippen LogP contribution < -0.4 is 10.0 Å². The molecule has 0 unspecified atom stereocenters. The van der Waals surface area contributed by atoms with Crippen LogP contribution in [0, 0.1) is 5.92 Å². The van der Waals surface area contributed by atoms with E-state index in [9.17, 15) is 13.2 Å². The minimum atomic E-state index is -3.52. The van der Waals surface area contributed by atoms with E-state index < -0.39 is 10.0 Å². The lowest BCUT2D eigenvalue weighted by atomic mass is 9.96. The van der Waals surface area contributed by atoms with Crippen molar-refractivity contribution in [2.24, 2.45) is 5.92 Å². The lowest BCUT2D eigenvalue weighted by molar-refractivity contribution is 0.0691. The van der Waals surface area contributed by atoms with Gasteiger partial charge in [0.15, 0.2) is 0 Å². The molecule has 6 nitrogen and oxygen atoms in total. The number of hydrogen-bond acceptors (Lipinski definition) is 4. The molecule has 1 fully saturated rings. The molecule has 1 saturated heterocycles. The second-order valence-corrected chi connectivity index (χ2v) is 8.31.